The molecule has 0 aliphatic carbocycles. The van der Waals surface area contributed by atoms with Crippen molar-refractivity contribution in [1.29, 1.82) is 0 Å². The Morgan fingerprint density at radius 2 is 0.929 bits per heavy atom. The van der Waals surface area contributed by atoms with Gasteiger partial charge in [-0.15, -0.1) is 0 Å². The molecule has 0 saturated carbocycles. The van der Waals surface area contributed by atoms with Crippen LogP contribution in [0, 0.1) is 6.92 Å². The van der Waals surface area contributed by atoms with Crippen LogP contribution in [-0.4, -0.2) is 8.42 Å². The Kier molecular flexibility index (Phi) is 12.3. The summed E-state index contributed by atoms with van der Waals surface area (Å²) in [5, 5.41) is 0. The maximum absolute atomic E-state index is 13.9. The van der Waals surface area contributed by atoms with E-state index in [0.29, 0.717) is 0 Å². The lowest BCUT2D eigenvalue weighted by Gasteiger charge is -2.39. The van der Waals surface area contributed by atoms with Crippen LogP contribution in [0.3, 0.4) is 0 Å². The highest BCUT2D eigenvalue weighted by molar-refractivity contribution is 8.33. The average molecular weight is 603 g/mol. The molecule has 0 saturated heterocycles. The fraction of sp³-hybridized carbons (Fsp3) is 0.351. The van der Waals surface area contributed by atoms with Gasteiger partial charge in [0.2, 0.25) is 0 Å². The van der Waals surface area contributed by atoms with Crippen LogP contribution in [0.1, 0.15) is 82.3 Å². The minimum Gasteiger partial charge on any atom is -0.203 e. The summed E-state index contributed by atoms with van der Waals surface area (Å²) in [5.41, 5.74) is 2.27. The molecule has 4 rings (SSSR count). The molecule has 0 atom stereocenters. The van der Waals surface area contributed by atoms with E-state index in [1.807, 2.05) is 67.6 Å². The second-order valence-corrected chi connectivity index (χ2v) is 15.5. The van der Waals surface area contributed by atoms with Crippen LogP contribution in [-0.2, 0) is 20.2 Å². The van der Waals surface area contributed by atoms with E-state index in [1.54, 1.807) is 24.3 Å². The molecular weight excluding hydrogens is 557 g/mol. The summed E-state index contributed by atoms with van der Waals surface area (Å²) in [7, 11) is -6.68. The minimum atomic E-state index is -4.08. The first-order valence-electron chi connectivity index (χ1n) is 15.5. The van der Waals surface area contributed by atoms with Crippen LogP contribution in [0.5, 0.6) is 0 Å². The van der Waals surface area contributed by atoms with Crippen LogP contribution in [0.4, 0.5) is 0 Å². The third kappa shape index (κ3) is 8.59. The van der Waals surface area contributed by atoms with Gasteiger partial charge in [0, 0.05) is 14.7 Å². The largest absolute Gasteiger partial charge is 0.307 e. The van der Waals surface area contributed by atoms with Gasteiger partial charge in [-0.25, -0.2) is 3.63 Å². The first kappa shape index (κ1) is 32.1. The Hall–Kier alpha value is -2.86. The molecule has 224 valence electrons. The van der Waals surface area contributed by atoms with Crippen LogP contribution in [0.15, 0.2) is 129 Å². The Morgan fingerprint density at radius 1 is 0.500 bits per heavy atom. The zero-order valence-electron chi connectivity index (χ0n) is 25.2. The summed E-state index contributed by atoms with van der Waals surface area (Å²) in [4.78, 5) is 2.71. The monoisotopic (exact) mass is 602 g/mol. The van der Waals surface area contributed by atoms with E-state index >= 15 is 0 Å². The summed E-state index contributed by atoms with van der Waals surface area (Å²) >= 11 is 0. The van der Waals surface area contributed by atoms with Gasteiger partial charge in [-0.2, -0.15) is 8.42 Å². The first-order valence-corrected chi connectivity index (χ1v) is 18.5. The van der Waals surface area contributed by atoms with Crippen molar-refractivity contribution >= 4 is 20.4 Å². The van der Waals surface area contributed by atoms with E-state index in [2.05, 4.69) is 31.2 Å². The van der Waals surface area contributed by atoms with Gasteiger partial charge in [-0.3, -0.25) is 0 Å². The number of rotatable bonds is 17. The average Bonchev–Trinajstić information content (AvgIpc) is 3.02. The van der Waals surface area contributed by atoms with Crippen LogP contribution < -0.4 is 0 Å². The van der Waals surface area contributed by atoms with Gasteiger partial charge in [0.15, 0.2) is 0 Å². The van der Waals surface area contributed by atoms with E-state index in [-0.39, 0.29) is 4.90 Å². The summed E-state index contributed by atoms with van der Waals surface area (Å²) in [6.07, 6.45) is 14.2. The third-order valence-corrected chi connectivity index (χ3v) is 12.9. The summed E-state index contributed by atoms with van der Waals surface area (Å²) in [6.45, 7) is 4.21. The summed E-state index contributed by atoms with van der Waals surface area (Å²) in [6, 6.07) is 34.9. The predicted molar refractivity (Wildman–Crippen MR) is 177 cm³/mol. The number of benzene rings is 4. The van der Waals surface area contributed by atoms with Crippen molar-refractivity contribution < 1.29 is 12.0 Å². The van der Waals surface area contributed by atoms with Crippen molar-refractivity contribution in [3.8, 4) is 0 Å². The van der Waals surface area contributed by atoms with Crippen molar-refractivity contribution in [3.05, 3.63) is 120 Å². The van der Waals surface area contributed by atoms with Gasteiger partial charge >= 0.3 is 10.1 Å². The zero-order chi connectivity index (χ0) is 29.7. The molecule has 0 amide bonds. The highest BCUT2D eigenvalue weighted by Crippen LogP contribution is 2.70. The van der Waals surface area contributed by atoms with E-state index in [1.165, 1.54) is 69.8 Å². The van der Waals surface area contributed by atoms with Crippen molar-refractivity contribution in [1.82, 2.24) is 0 Å². The lowest BCUT2D eigenvalue weighted by Crippen LogP contribution is -2.14. The minimum absolute atomic E-state index is 0.161. The Bertz CT molecular complexity index is 1390. The Labute approximate surface area is 256 Å². The molecule has 42 heavy (non-hydrogen) atoms. The highest BCUT2D eigenvalue weighted by Gasteiger charge is 2.38. The topological polar surface area (TPSA) is 43.4 Å². The lowest BCUT2D eigenvalue weighted by atomic mass is 10.0. The van der Waals surface area contributed by atoms with Crippen LogP contribution >= 0.6 is 10.3 Å². The molecule has 0 N–H and O–H groups in total. The predicted octanol–water partition coefficient (Wildman–Crippen LogP) is 11.1. The zero-order valence-corrected chi connectivity index (χ0v) is 26.8. The number of aryl methyl sites for hydroxylation is 2. The molecule has 0 bridgehead atoms. The second-order valence-electron chi connectivity index (χ2n) is 11.1. The first-order chi connectivity index (χ1) is 20.5. The van der Waals surface area contributed by atoms with E-state index in [9.17, 15) is 8.42 Å². The molecule has 4 aromatic rings. The molecule has 0 heterocycles. The summed E-state index contributed by atoms with van der Waals surface area (Å²) < 4.78 is 34.2. The standard InChI is InChI=1S/C37H46O3S2/c1-3-4-5-6-7-8-9-10-11-14-19-33-26-30-36(31-27-33)41(34-20-15-12-16-21-34,35-22-17-13-18-23-35)40-42(38,39)37-28-24-32(2)25-29-37/h12-13,15-18,20-31H,3-11,14,19H2,1-2H3. The molecule has 0 fully saturated rings. The van der Waals surface area contributed by atoms with Crippen LogP contribution in [0.2, 0.25) is 0 Å². The number of unbranched alkanes of at least 4 members (excludes halogenated alkanes) is 9. The van der Waals surface area contributed by atoms with Gasteiger partial charge < -0.3 is 0 Å². The van der Waals surface area contributed by atoms with Crippen molar-refractivity contribution in [3.63, 3.8) is 0 Å². The third-order valence-electron chi connectivity index (χ3n) is 7.73. The Morgan fingerprint density at radius 3 is 1.43 bits per heavy atom. The molecular formula is C37H46O3S2. The molecule has 3 nitrogen and oxygen atoms in total. The van der Waals surface area contributed by atoms with Gasteiger partial charge in [-0.1, -0.05) is 131 Å². The fourth-order valence-corrected chi connectivity index (χ4v) is 10.5. The van der Waals surface area contributed by atoms with Crippen molar-refractivity contribution in [2.75, 3.05) is 0 Å². The molecule has 0 radical (unpaired) electrons. The molecule has 5 heteroatoms. The van der Waals surface area contributed by atoms with Gasteiger partial charge in [0.25, 0.3) is 0 Å². The number of hydrogen-bond donors (Lipinski definition) is 0. The SMILES string of the molecule is CCCCCCCCCCCCc1ccc(S(OS(=O)(=O)c2ccc(C)cc2)(c2ccccc2)c2ccccc2)cc1. The Balaban J connectivity index is 1.55. The van der Waals surface area contributed by atoms with Crippen molar-refractivity contribution in [2.24, 2.45) is 0 Å². The highest BCUT2D eigenvalue weighted by atomic mass is 32.3. The van der Waals surface area contributed by atoms with Gasteiger partial charge in [0.05, 0.1) is 4.90 Å². The lowest BCUT2D eigenvalue weighted by molar-refractivity contribution is 0.508. The maximum Gasteiger partial charge on any atom is 0.307 e. The summed E-state index contributed by atoms with van der Waals surface area (Å²) in [5.74, 6) is 0. The molecule has 4 aromatic carbocycles. The molecule has 0 aliphatic heterocycles. The number of hydrogen-bond acceptors (Lipinski definition) is 3. The smallest absolute Gasteiger partial charge is 0.203 e. The molecule has 0 aromatic heterocycles. The molecule has 0 unspecified atom stereocenters. The molecule has 0 aliphatic rings. The normalized spacial score (nSPS) is 12.3. The maximum atomic E-state index is 13.9. The van der Waals surface area contributed by atoms with Gasteiger partial charge in [0.1, 0.15) is 0 Å². The van der Waals surface area contributed by atoms with Gasteiger partial charge in [-0.05, 0) is 84.2 Å². The molecule has 0 spiro atoms. The fourth-order valence-electron chi connectivity index (χ4n) is 5.29. The van der Waals surface area contributed by atoms with E-state index in [4.69, 9.17) is 3.63 Å². The van der Waals surface area contributed by atoms with E-state index in [0.717, 1.165) is 26.7 Å². The van der Waals surface area contributed by atoms with Crippen LogP contribution in [0.25, 0.3) is 0 Å². The van der Waals surface area contributed by atoms with E-state index < -0.39 is 20.4 Å². The quantitative estimate of drug-likeness (QED) is 0.113. The van der Waals surface area contributed by atoms with Crippen molar-refractivity contribution in [2.45, 2.75) is 104 Å². The second kappa shape index (κ2) is 16.1.